The number of hydrogen-bond acceptors (Lipinski definition) is 6. The van der Waals surface area contributed by atoms with Crippen LogP contribution in [0, 0.1) is 5.92 Å². The van der Waals surface area contributed by atoms with Crippen molar-refractivity contribution >= 4 is 28.2 Å². The molecule has 26 heavy (non-hydrogen) atoms. The van der Waals surface area contributed by atoms with E-state index in [-0.39, 0.29) is 43.1 Å². The lowest BCUT2D eigenvalue weighted by Crippen LogP contribution is -2.41. The third-order valence-electron chi connectivity index (χ3n) is 3.53. The lowest BCUT2D eigenvalue weighted by molar-refractivity contribution is -0.122. The van der Waals surface area contributed by atoms with Crippen LogP contribution >= 0.6 is 12.4 Å². The van der Waals surface area contributed by atoms with Gasteiger partial charge in [-0.2, -0.15) is 0 Å². The number of pyridine rings is 1. The second-order valence-corrected chi connectivity index (χ2v) is 9.06. The molecule has 2 atom stereocenters. The number of halogens is 1. The van der Waals surface area contributed by atoms with Crippen LogP contribution in [0.15, 0.2) is 18.3 Å². The van der Waals surface area contributed by atoms with E-state index in [2.05, 4.69) is 24.1 Å². The number of carbonyl (C=O) groups is 1. The normalized spacial score (nSPS) is 13.6. The van der Waals surface area contributed by atoms with E-state index < -0.39 is 15.9 Å². The Bertz CT molecular complexity index is 668. The first kappa shape index (κ1) is 24.6. The van der Waals surface area contributed by atoms with Crippen LogP contribution in [0.5, 0.6) is 5.88 Å². The maximum absolute atomic E-state index is 11.9. The summed E-state index contributed by atoms with van der Waals surface area (Å²) in [7, 11) is -3.13. The summed E-state index contributed by atoms with van der Waals surface area (Å²) in [5.41, 5.74) is 6.56. The smallest absolute Gasteiger partial charge is 0.237 e. The Balaban J connectivity index is 0.00000625. The van der Waals surface area contributed by atoms with Crippen molar-refractivity contribution in [3.8, 4) is 5.88 Å². The van der Waals surface area contributed by atoms with Gasteiger partial charge < -0.3 is 15.8 Å². The molecule has 1 amide bonds. The molecule has 150 valence electrons. The molecule has 0 saturated carbocycles. The average Bonchev–Trinajstić information content (AvgIpc) is 2.49. The Morgan fingerprint density at radius 3 is 2.58 bits per heavy atom. The molecule has 0 aromatic carbocycles. The quantitative estimate of drug-likeness (QED) is 0.610. The van der Waals surface area contributed by atoms with Gasteiger partial charge in [0.1, 0.15) is 9.84 Å². The predicted molar refractivity (Wildman–Crippen MR) is 105 cm³/mol. The fraction of sp³-hybridized carbons (Fsp3) is 0.647. The second kappa shape index (κ2) is 11.4. The van der Waals surface area contributed by atoms with Crippen molar-refractivity contribution in [3.63, 3.8) is 0 Å². The van der Waals surface area contributed by atoms with Gasteiger partial charge in [0.15, 0.2) is 0 Å². The summed E-state index contributed by atoms with van der Waals surface area (Å²) in [5.74, 6) is 0.561. The van der Waals surface area contributed by atoms with Crippen molar-refractivity contribution in [2.75, 3.05) is 12.0 Å². The SMILES string of the molecule is CC(C)CC(C)Oc1cc(CNC(=O)C(N)CCS(C)(=O)=O)ccn1.Cl. The van der Waals surface area contributed by atoms with E-state index in [0.717, 1.165) is 18.2 Å². The highest BCUT2D eigenvalue weighted by Gasteiger charge is 2.16. The van der Waals surface area contributed by atoms with E-state index in [1.807, 2.05) is 6.92 Å². The first-order valence-corrected chi connectivity index (χ1v) is 10.5. The van der Waals surface area contributed by atoms with E-state index in [1.54, 1.807) is 18.3 Å². The molecule has 1 aromatic heterocycles. The van der Waals surface area contributed by atoms with Crippen LogP contribution in [0.3, 0.4) is 0 Å². The molecule has 0 fully saturated rings. The Kier molecular flexibility index (Phi) is 10.8. The molecule has 0 radical (unpaired) electrons. The molecule has 1 rings (SSSR count). The number of aromatic nitrogens is 1. The average molecular weight is 408 g/mol. The van der Waals surface area contributed by atoms with E-state index >= 15 is 0 Å². The Morgan fingerprint density at radius 1 is 1.35 bits per heavy atom. The van der Waals surface area contributed by atoms with Crippen LogP contribution in [0.25, 0.3) is 0 Å². The highest BCUT2D eigenvalue weighted by atomic mass is 35.5. The van der Waals surface area contributed by atoms with Crippen LogP contribution in [0.2, 0.25) is 0 Å². The lowest BCUT2D eigenvalue weighted by Gasteiger charge is -2.16. The van der Waals surface area contributed by atoms with E-state index in [4.69, 9.17) is 10.5 Å². The van der Waals surface area contributed by atoms with Gasteiger partial charge in [-0.1, -0.05) is 13.8 Å². The summed E-state index contributed by atoms with van der Waals surface area (Å²) in [4.78, 5) is 16.1. The molecule has 0 spiro atoms. The van der Waals surface area contributed by atoms with Gasteiger partial charge in [0.2, 0.25) is 11.8 Å². The van der Waals surface area contributed by atoms with Crippen molar-refractivity contribution in [1.82, 2.24) is 10.3 Å². The first-order chi connectivity index (χ1) is 11.6. The minimum absolute atomic E-state index is 0. The van der Waals surface area contributed by atoms with E-state index in [0.29, 0.717) is 11.8 Å². The monoisotopic (exact) mass is 407 g/mol. The van der Waals surface area contributed by atoms with Gasteiger partial charge in [0, 0.05) is 25.1 Å². The van der Waals surface area contributed by atoms with Crippen LogP contribution in [-0.2, 0) is 21.2 Å². The van der Waals surface area contributed by atoms with Crippen LogP contribution < -0.4 is 15.8 Å². The molecule has 3 N–H and O–H groups in total. The number of sulfone groups is 1. The van der Waals surface area contributed by atoms with Crippen molar-refractivity contribution in [2.45, 2.75) is 52.3 Å². The zero-order chi connectivity index (χ0) is 19.0. The summed E-state index contributed by atoms with van der Waals surface area (Å²) in [6.45, 7) is 6.54. The Labute approximate surface area is 162 Å². The number of nitrogens with zero attached hydrogens (tertiary/aromatic N) is 1. The summed E-state index contributed by atoms with van der Waals surface area (Å²) in [6, 6.07) is 2.71. The molecule has 0 aliphatic rings. The fourth-order valence-electron chi connectivity index (χ4n) is 2.34. The summed E-state index contributed by atoms with van der Waals surface area (Å²) < 4.78 is 28.0. The zero-order valence-electron chi connectivity index (χ0n) is 15.8. The number of nitrogens with two attached hydrogens (primary N) is 1. The third kappa shape index (κ3) is 10.6. The molecular weight excluding hydrogens is 378 g/mol. The van der Waals surface area contributed by atoms with Gasteiger partial charge in [-0.25, -0.2) is 13.4 Å². The third-order valence-corrected chi connectivity index (χ3v) is 4.50. The van der Waals surface area contributed by atoms with Gasteiger partial charge in [0.05, 0.1) is 17.9 Å². The van der Waals surface area contributed by atoms with E-state index in [9.17, 15) is 13.2 Å². The first-order valence-electron chi connectivity index (χ1n) is 8.39. The zero-order valence-corrected chi connectivity index (χ0v) is 17.4. The fourth-order valence-corrected chi connectivity index (χ4v) is 3.02. The second-order valence-electron chi connectivity index (χ2n) is 6.80. The molecule has 1 aromatic rings. The van der Waals surface area contributed by atoms with E-state index in [1.165, 1.54) is 0 Å². The van der Waals surface area contributed by atoms with Crippen molar-refractivity contribution in [2.24, 2.45) is 11.7 Å². The van der Waals surface area contributed by atoms with Crippen molar-refractivity contribution in [1.29, 1.82) is 0 Å². The number of ether oxygens (including phenoxy) is 1. The standard InChI is InChI=1S/C17H29N3O4S.ClH/c1-12(2)9-13(3)24-16-10-14(5-7-19-16)11-20-17(21)15(18)6-8-25(4,22)23;/h5,7,10,12-13,15H,6,8-9,11,18H2,1-4H3,(H,20,21);1H. The minimum atomic E-state index is -3.13. The minimum Gasteiger partial charge on any atom is -0.475 e. The highest BCUT2D eigenvalue weighted by molar-refractivity contribution is 7.90. The highest BCUT2D eigenvalue weighted by Crippen LogP contribution is 2.14. The molecule has 0 aliphatic carbocycles. The van der Waals surface area contributed by atoms with Gasteiger partial charge >= 0.3 is 0 Å². The predicted octanol–water partition coefficient (Wildman–Crippen LogP) is 1.70. The molecular formula is C17H30ClN3O4S. The molecule has 7 nitrogen and oxygen atoms in total. The Morgan fingerprint density at radius 2 is 2.00 bits per heavy atom. The Hall–Kier alpha value is -1.38. The molecule has 9 heteroatoms. The summed E-state index contributed by atoms with van der Waals surface area (Å²) in [6.07, 6.45) is 3.83. The number of amides is 1. The summed E-state index contributed by atoms with van der Waals surface area (Å²) >= 11 is 0. The molecule has 0 bridgehead atoms. The van der Waals surface area contributed by atoms with Gasteiger partial charge in [-0.15, -0.1) is 12.4 Å². The van der Waals surface area contributed by atoms with Crippen molar-refractivity contribution in [3.05, 3.63) is 23.9 Å². The molecule has 0 saturated heterocycles. The van der Waals surface area contributed by atoms with Gasteiger partial charge in [0.25, 0.3) is 0 Å². The number of hydrogen-bond donors (Lipinski definition) is 2. The maximum atomic E-state index is 11.9. The molecule has 2 unspecified atom stereocenters. The van der Waals surface area contributed by atoms with Crippen LogP contribution in [0.1, 0.15) is 39.2 Å². The van der Waals surface area contributed by atoms with Crippen LogP contribution in [0.4, 0.5) is 0 Å². The summed E-state index contributed by atoms with van der Waals surface area (Å²) in [5, 5.41) is 2.71. The van der Waals surface area contributed by atoms with Gasteiger partial charge in [-0.3, -0.25) is 4.79 Å². The van der Waals surface area contributed by atoms with Crippen LogP contribution in [-0.4, -0.2) is 43.5 Å². The van der Waals surface area contributed by atoms with Crippen molar-refractivity contribution < 1.29 is 17.9 Å². The number of rotatable bonds is 10. The maximum Gasteiger partial charge on any atom is 0.237 e. The molecule has 1 heterocycles. The number of carbonyl (C=O) groups excluding carboxylic acids is 1. The number of nitrogens with one attached hydrogen (secondary N) is 1. The largest absolute Gasteiger partial charge is 0.475 e. The topological polar surface area (TPSA) is 111 Å². The lowest BCUT2D eigenvalue weighted by atomic mass is 10.1. The van der Waals surface area contributed by atoms with Gasteiger partial charge in [-0.05, 0) is 37.3 Å². The molecule has 0 aliphatic heterocycles.